The molecule has 0 saturated carbocycles. The summed E-state index contributed by atoms with van der Waals surface area (Å²) in [6, 6.07) is 0.225. The van der Waals surface area contributed by atoms with Gasteiger partial charge in [-0.3, -0.25) is 4.79 Å². The average Bonchev–Trinajstić information content (AvgIpc) is 2.18. The van der Waals surface area contributed by atoms with E-state index in [0.717, 1.165) is 11.8 Å². The fourth-order valence-electron chi connectivity index (χ4n) is 1.40. The van der Waals surface area contributed by atoms with Crippen molar-refractivity contribution in [3.8, 4) is 0 Å². The molecule has 15 heavy (non-hydrogen) atoms. The van der Waals surface area contributed by atoms with E-state index in [2.05, 4.69) is 15.9 Å². The Bertz CT molecular complexity index is 278. The lowest BCUT2D eigenvalue weighted by molar-refractivity contribution is -0.141. The maximum absolute atomic E-state index is 11.2. The molecule has 1 saturated heterocycles. The molecule has 0 bridgehead atoms. The number of amides is 1. The third-order valence-corrected chi connectivity index (χ3v) is 2.65. The highest BCUT2D eigenvalue weighted by molar-refractivity contribution is 9.09. The summed E-state index contributed by atoms with van der Waals surface area (Å²) in [5, 5.41) is 0.856. The molecule has 0 spiro atoms. The number of hydrogen-bond acceptors (Lipinski definition) is 3. The van der Waals surface area contributed by atoms with Crippen LogP contribution in [0.15, 0.2) is 12.3 Å². The fraction of sp³-hybridized carbons (Fsp3) is 0.600. The number of alkyl halides is 1. The molecule has 1 heterocycles. The number of carbonyl (C=O) groups excluding carboxylic acids is 2. The Kier molecular flexibility index (Phi) is 4.81. The Hall–Kier alpha value is -0.840. The van der Waals surface area contributed by atoms with Crippen LogP contribution in [0.4, 0.5) is 0 Å². The van der Waals surface area contributed by atoms with Crippen LogP contribution in [0.5, 0.6) is 0 Å². The Morgan fingerprint density at radius 3 is 3.00 bits per heavy atom. The van der Waals surface area contributed by atoms with Crippen molar-refractivity contribution in [2.75, 3.05) is 11.9 Å². The monoisotopic (exact) mass is 275 g/mol. The van der Waals surface area contributed by atoms with E-state index >= 15 is 0 Å². The van der Waals surface area contributed by atoms with Crippen molar-refractivity contribution in [3.05, 3.63) is 12.3 Å². The fourth-order valence-corrected chi connectivity index (χ4v) is 1.93. The maximum Gasteiger partial charge on any atom is 0.332 e. The van der Waals surface area contributed by atoms with Crippen LogP contribution in [0, 0.1) is 0 Å². The zero-order chi connectivity index (χ0) is 11.3. The summed E-state index contributed by atoms with van der Waals surface area (Å²) in [5.41, 5.74) is 0. The van der Waals surface area contributed by atoms with Crippen molar-refractivity contribution in [2.45, 2.75) is 25.8 Å². The van der Waals surface area contributed by atoms with Crippen LogP contribution in [0.1, 0.15) is 19.8 Å². The van der Waals surface area contributed by atoms with Gasteiger partial charge in [0, 0.05) is 30.1 Å². The van der Waals surface area contributed by atoms with E-state index in [0.29, 0.717) is 13.0 Å². The number of esters is 1. The minimum absolute atomic E-state index is 0.0569. The van der Waals surface area contributed by atoms with Crippen molar-refractivity contribution < 1.29 is 14.3 Å². The molecular weight excluding hydrogens is 262 g/mol. The van der Waals surface area contributed by atoms with Gasteiger partial charge in [-0.15, -0.1) is 0 Å². The highest BCUT2D eigenvalue weighted by atomic mass is 79.9. The molecule has 1 aliphatic heterocycles. The molecule has 0 N–H and O–H groups in total. The molecule has 0 aliphatic carbocycles. The van der Waals surface area contributed by atoms with E-state index in [9.17, 15) is 9.59 Å². The third kappa shape index (κ3) is 3.34. The predicted octanol–water partition coefficient (Wildman–Crippen LogP) is 1.45. The summed E-state index contributed by atoms with van der Waals surface area (Å²) in [6.07, 6.45) is 4.27. The molecule has 0 radical (unpaired) electrons. The Morgan fingerprint density at radius 2 is 2.47 bits per heavy atom. The zero-order valence-electron chi connectivity index (χ0n) is 8.61. The predicted molar refractivity (Wildman–Crippen MR) is 59.4 cm³/mol. The summed E-state index contributed by atoms with van der Waals surface area (Å²) in [4.78, 5) is 23.8. The summed E-state index contributed by atoms with van der Waals surface area (Å²) in [6.45, 7) is 2.09. The standard InChI is InChI=1S/C10H14BrNO3/c1-2-15-10(14)4-6-12-8(3-5-11)7-9(12)13/h4,6,8H,2-3,5,7H2,1H3/b6-4+/t8-/m1/s1. The lowest BCUT2D eigenvalue weighted by Crippen LogP contribution is -2.49. The van der Waals surface area contributed by atoms with Crippen molar-refractivity contribution in [3.63, 3.8) is 0 Å². The van der Waals surface area contributed by atoms with Gasteiger partial charge in [-0.05, 0) is 13.3 Å². The molecule has 0 aromatic carbocycles. The highest BCUT2D eigenvalue weighted by Crippen LogP contribution is 2.23. The molecule has 0 aromatic rings. The molecule has 0 unspecified atom stereocenters. The van der Waals surface area contributed by atoms with Crippen molar-refractivity contribution >= 4 is 27.8 Å². The molecular formula is C10H14BrNO3. The Morgan fingerprint density at radius 1 is 1.73 bits per heavy atom. The van der Waals surface area contributed by atoms with E-state index in [4.69, 9.17) is 4.74 Å². The highest BCUT2D eigenvalue weighted by Gasteiger charge is 2.33. The van der Waals surface area contributed by atoms with Crippen LogP contribution in [0.3, 0.4) is 0 Å². The van der Waals surface area contributed by atoms with Gasteiger partial charge >= 0.3 is 5.97 Å². The molecule has 1 amide bonds. The van der Waals surface area contributed by atoms with Gasteiger partial charge in [-0.1, -0.05) is 15.9 Å². The van der Waals surface area contributed by atoms with Crippen LogP contribution in [-0.4, -0.2) is 34.8 Å². The molecule has 1 atom stereocenters. The first-order valence-electron chi connectivity index (χ1n) is 4.91. The summed E-state index contributed by atoms with van der Waals surface area (Å²) < 4.78 is 4.72. The minimum atomic E-state index is -0.408. The van der Waals surface area contributed by atoms with Crippen molar-refractivity contribution in [1.82, 2.24) is 4.90 Å². The second-order valence-electron chi connectivity index (χ2n) is 3.20. The van der Waals surface area contributed by atoms with Gasteiger partial charge in [0.2, 0.25) is 5.91 Å². The van der Waals surface area contributed by atoms with Gasteiger partial charge in [0.15, 0.2) is 0 Å². The second-order valence-corrected chi connectivity index (χ2v) is 4.00. The molecule has 1 fully saturated rings. The first-order chi connectivity index (χ1) is 7.19. The lowest BCUT2D eigenvalue weighted by atomic mass is 10.0. The van der Waals surface area contributed by atoms with E-state index < -0.39 is 5.97 Å². The Balaban J connectivity index is 2.42. The third-order valence-electron chi connectivity index (χ3n) is 2.19. The number of ether oxygens (including phenoxy) is 1. The first kappa shape index (κ1) is 12.2. The summed E-state index contributed by atoms with van der Waals surface area (Å²) >= 11 is 3.32. The number of likely N-dealkylation sites (tertiary alicyclic amines) is 1. The number of rotatable bonds is 5. The van der Waals surface area contributed by atoms with E-state index in [-0.39, 0.29) is 11.9 Å². The minimum Gasteiger partial charge on any atom is -0.463 e. The van der Waals surface area contributed by atoms with Gasteiger partial charge in [-0.25, -0.2) is 4.79 Å². The van der Waals surface area contributed by atoms with Gasteiger partial charge in [0.1, 0.15) is 0 Å². The summed E-state index contributed by atoms with van der Waals surface area (Å²) in [5.74, 6) is -0.351. The van der Waals surface area contributed by atoms with Gasteiger partial charge in [-0.2, -0.15) is 0 Å². The smallest absolute Gasteiger partial charge is 0.332 e. The van der Waals surface area contributed by atoms with Crippen LogP contribution in [0.2, 0.25) is 0 Å². The zero-order valence-corrected chi connectivity index (χ0v) is 10.2. The molecule has 4 nitrogen and oxygen atoms in total. The molecule has 1 aliphatic rings. The first-order valence-corrected chi connectivity index (χ1v) is 6.03. The molecule has 5 heteroatoms. The quantitative estimate of drug-likeness (QED) is 0.330. The number of halogens is 1. The van der Waals surface area contributed by atoms with Gasteiger partial charge in [0.25, 0.3) is 0 Å². The lowest BCUT2D eigenvalue weighted by Gasteiger charge is -2.37. The average molecular weight is 276 g/mol. The van der Waals surface area contributed by atoms with Crippen LogP contribution in [-0.2, 0) is 14.3 Å². The van der Waals surface area contributed by atoms with Gasteiger partial charge in [0.05, 0.1) is 6.61 Å². The second kappa shape index (κ2) is 5.90. The molecule has 1 rings (SSSR count). The normalized spacial score (nSPS) is 20.5. The van der Waals surface area contributed by atoms with Crippen LogP contribution >= 0.6 is 15.9 Å². The van der Waals surface area contributed by atoms with E-state index in [1.54, 1.807) is 11.8 Å². The summed E-state index contributed by atoms with van der Waals surface area (Å²) in [7, 11) is 0. The Labute approximate surface area is 97.4 Å². The van der Waals surface area contributed by atoms with E-state index in [1.807, 2.05) is 0 Å². The maximum atomic E-state index is 11.2. The largest absolute Gasteiger partial charge is 0.463 e. The topological polar surface area (TPSA) is 46.6 Å². The molecule has 0 aromatic heterocycles. The van der Waals surface area contributed by atoms with Crippen LogP contribution in [0.25, 0.3) is 0 Å². The number of hydrogen-bond donors (Lipinski definition) is 0. The number of nitrogens with zero attached hydrogens (tertiary/aromatic N) is 1. The van der Waals surface area contributed by atoms with E-state index in [1.165, 1.54) is 12.3 Å². The number of carbonyl (C=O) groups is 2. The van der Waals surface area contributed by atoms with Crippen molar-refractivity contribution in [1.29, 1.82) is 0 Å². The molecule has 84 valence electrons. The van der Waals surface area contributed by atoms with Crippen molar-refractivity contribution in [2.24, 2.45) is 0 Å². The SMILES string of the molecule is CCOC(=O)/C=C/N1C(=O)C[C@H]1CCBr. The number of β-lactam (4-membered cyclic amide) rings is 1. The van der Waals surface area contributed by atoms with Crippen LogP contribution < -0.4 is 0 Å². The van der Waals surface area contributed by atoms with Gasteiger partial charge < -0.3 is 9.64 Å².